The summed E-state index contributed by atoms with van der Waals surface area (Å²) in [5.74, 6) is -0.957. The first-order chi connectivity index (χ1) is 13.7. The van der Waals surface area contributed by atoms with Crippen LogP contribution < -0.4 is 10.9 Å². The molecule has 0 saturated heterocycles. The summed E-state index contributed by atoms with van der Waals surface area (Å²) in [6, 6.07) is 19.8. The quantitative estimate of drug-likeness (QED) is 0.478. The molecular formula is C20H16N6O2. The SMILES string of the molecule is O=C(NNC(=O)c1ccccc1-n1cccn1)c1cc(-c2ccccc2)n[nH]1. The normalized spacial score (nSPS) is 10.4. The number of benzene rings is 2. The number of hydrazine groups is 1. The number of nitrogens with zero attached hydrogens (tertiary/aromatic N) is 3. The van der Waals surface area contributed by atoms with Crippen molar-refractivity contribution in [3.8, 4) is 16.9 Å². The highest BCUT2D eigenvalue weighted by atomic mass is 16.2. The van der Waals surface area contributed by atoms with Crippen molar-refractivity contribution in [2.45, 2.75) is 0 Å². The van der Waals surface area contributed by atoms with Crippen LogP contribution in [0.15, 0.2) is 79.1 Å². The molecule has 0 bridgehead atoms. The largest absolute Gasteiger partial charge is 0.287 e. The Kier molecular flexibility index (Phi) is 4.67. The van der Waals surface area contributed by atoms with Gasteiger partial charge in [0.25, 0.3) is 11.8 Å². The van der Waals surface area contributed by atoms with Crippen molar-refractivity contribution < 1.29 is 9.59 Å². The van der Waals surface area contributed by atoms with E-state index < -0.39 is 11.8 Å². The number of carbonyl (C=O) groups excluding carboxylic acids is 2. The fraction of sp³-hybridized carbons (Fsp3) is 0. The number of H-pyrrole nitrogens is 1. The third-order valence-electron chi connectivity index (χ3n) is 4.08. The van der Waals surface area contributed by atoms with Crippen LogP contribution in [0.1, 0.15) is 20.8 Å². The van der Waals surface area contributed by atoms with E-state index >= 15 is 0 Å². The van der Waals surface area contributed by atoms with Gasteiger partial charge in [-0.2, -0.15) is 10.2 Å². The van der Waals surface area contributed by atoms with Crippen LogP contribution in [-0.2, 0) is 0 Å². The summed E-state index contributed by atoms with van der Waals surface area (Å²) in [6.45, 7) is 0. The second kappa shape index (κ2) is 7.58. The molecule has 0 spiro atoms. The second-order valence-electron chi connectivity index (χ2n) is 5.91. The van der Waals surface area contributed by atoms with Crippen LogP contribution in [0.3, 0.4) is 0 Å². The minimum atomic E-state index is -0.500. The van der Waals surface area contributed by atoms with Gasteiger partial charge in [-0.25, -0.2) is 4.68 Å². The zero-order valence-corrected chi connectivity index (χ0v) is 14.7. The Balaban J connectivity index is 1.45. The van der Waals surface area contributed by atoms with Crippen molar-refractivity contribution >= 4 is 11.8 Å². The lowest BCUT2D eigenvalue weighted by atomic mass is 10.1. The smallest absolute Gasteiger partial charge is 0.272 e. The summed E-state index contributed by atoms with van der Waals surface area (Å²) in [7, 11) is 0. The van der Waals surface area contributed by atoms with Gasteiger partial charge in [-0.15, -0.1) is 0 Å². The first kappa shape index (κ1) is 17.2. The number of hydrogen-bond donors (Lipinski definition) is 3. The molecule has 0 saturated carbocycles. The molecule has 4 rings (SSSR count). The average molecular weight is 372 g/mol. The number of rotatable bonds is 4. The lowest BCUT2D eigenvalue weighted by Gasteiger charge is -2.10. The summed E-state index contributed by atoms with van der Waals surface area (Å²) in [4.78, 5) is 24.9. The molecule has 2 heterocycles. The predicted molar refractivity (Wildman–Crippen MR) is 103 cm³/mol. The van der Waals surface area contributed by atoms with E-state index in [1.807, 2.05) is 36.4 Å². The maximum atomic E-state index is 12.5. The van der Waals surface area contributed by atoms with E-state index in [9.17, 15) is 9.59 Å². The molecule has 4 aromatic rings. The van der Waals surface area contributed by atoms with Gasteiger partial charge in [0.2, 0.25) is 0 Å². The molecule has 8 heteroatoms. The zero-order valence-electron chi connectivity index (χ0n) is 14.7. The van der Waals surface area contributed by atoms with Crippen molar-refractivity contribution in [3.63, 3.8) is 0 Å². The number of para-hydroxylation sites is 1. The molecule has 2 aromatic heterocycles. The van der Waals surface area contributed by atoms with Gasteiger partial charge in [0.1, 0.15) is 5.69 Å². The second-order valence-corrected chi connectivity index (χ2v) is 5.91. The Labute approximate surface area is 160 Å². The third kappa shape index (κ3) is 3.51. The Bertz CT molecular complexity index is 1100. The van der Waals surface area contributed by atoms with Crippen molar-refractivity contribution in [2.75, 3.05) is 0 Å². The van der Waals surface area contributed by atoms with E-state index in [4.69, 9.17) is 0 Å². The number of carbonyl (C=O) groups is 2. The molecule has 2 amide bonds. The molecule has 8 nitrogen and oxygen atoms in total. The minimum absolute atomic E-state index is 0.236. The monoisotopic (exact) mass is 372 g/mol. The fourth-order valence-corrected chi connectivity index (χ4v) is 2.72. The zero-order chi connectivity index (χ0) is 19.3. The van der Waals surface area contributed by atoms with Gasteiger partial charge in [-0.05, 0) is 24.3 Å². The number of aromatic amines is 1. The topological polar surface area (TPSA) is 105 Å². The average Bonchev–Trinajstić information content (AvgIpc) is 3.45. The third-order valence-corrected chi connectivity index (χ3v) is 4.08. The van der Waals surface area contributed by atoms with Crippen LogP contribution in [0.5, 0.6) is 0 Å². The number of nitrogens with one attached hydrogen (secondary N) is 3. The lowest BCUT2D eigenvalue weighted by molar-refractivity contribution is 0.0844. The molecule has 0 aliphatic carbocycles. The Hall–Kier alpha value is -4.20. The standard InChI is InChI=1S/C20H16N6O2/c27-19(15-9-4-5-10-18(15)26-12-6-11-21-26)24-25-20(28)17-13-16(22-23-17)14-7-2-1-3-8-14/h1-13H,(H,22,23)(H,24,27)(H,25,28). The molecular weight excluding hydrogens is 356 g/mol. The molecule has 28 heavy (non-hydrogen) atoms. The lowest BCUT2D eigenvalue weighted by Crippen LogP contribution is -2.42. The van der Waals surface area contributed by atoms with E-state index in [1.165, 1.54) is 0 Å². The van der Waals surface area contributed by atoms with E-state index in [1.54, 1.807) is 47.4 Å². The number of hydrogen-bond acceptors (Lipinski definition) is 4. The van der Waals surface area contributed by atoms with Crippen LogP contribution in [0, 0.1) is 0 Å². The van der Waals surface area contributed by atoms with Crippen LogP contribution in [0.25, 0.3) is 16.9 Å². The molecule has 2 aromatic carbocycles. The summed E-state index contributed by atoms with van der Waals surface area (Å²) < 4.78 is 1.58. The predicted octanol–water partition coefficient (Wildman–Crippen LogP) is 2.34. The van der Waals surface area contributed by atoms with Crippen molar-refractivity contribution in [1.82, 2.24) is 30.8 Å². The summed E-state index contributed by atoms with van der Waals surface area (Å²) in [5.41, 5.74) is 7.56. The van der Waals surface area contributed by atoms with Gasteiger partial charge in [-0.3, -0.25) is 25.5 Å². The minimum Gasteiger partial charge on any atom is -0.272 e. The van der Waals surface area contributed by atoms with Gasteiger partial charge in [-0.1, -0.05) is 42.5 Å². The van der Waals surface area contributed by atoms with E-state index in [0.717, 1.165) is 5.56 Å². The molecule has 0 aliphatic heterocycles. The van der Waals surface area contributed by atoms with E-state index in [2.05, 4.69) is 26.1 Å². The van der Waals surface area contributed by atoms with Crippen LogP contribution in [-0.4, -0.2) is 31.8 Å². The highest BCUT2D eigenvalue weighted by molar-refractivity contribution is 6.00. The molecule has 0 unspecified atom stereocenters. The molecule has 0 radical (unpaired) electrons. The maximum absolute atomic E-state index is 12.5. The molecule has 0 fully saturated rings. The maximum Gasteiger partial charge on any atom is 0.287 e. The fourth-order valence-electron chi connectivity index (χ4n) is 2.72. The van der Waals surface area contributed by atoms with Gasteiger partial charge >= 0.3 is 0 Å². The van der Waals surface area contributed by atoms with Crippen molar-refractivity contribution in [1.29, 1.82) is 0 Å². The van der Waals surface area contributed by atoms with E-state index in [0.29, 0.717) is 16.9 Å². The van der Waals surface area contributed by atoms with Gasteiger partial charge < -0.3 is 0 Å². The molecule has 138 valence electrons. The number of aromatic nitrogens is 4. The molecule has 0 aliphatic rings. The van der Waals surface area contributed by atoms with Crippen LogP contribution in [0.4, 0.5) is 0 Å². The summed E-state index contributed by atoms with van der Waals surface area (Å²) in [5, 5.41) is 10.9. The number of amides is 2. The van der Waals surface area contributed by atoms with Gasteiger partial charge in [0.05, 0.1) is 16.9 Å². The summed E-state index contributed by atoms with van der Waals surface area (Å²) in [6.07, 6.45) is 3.36. The van der Waals surface area contributed by atoms with E-state index in [-0.39, 0.29) is 5.69 Å². The highest BCUT2D eigenvalue weighted by Gasteiger charge is 2.15. The Morgan fingerprint density at radius 1 is 0.893 bits per heavy atom. The van der Waals surface area contributed by atoms with Gasteiger partial charge in [0, 0.05) is 18.0 Å². The molecule has 0 atom stereocenters. The first-order valence-electron chi connectivity index (χ1n) is 8.53. The van der Waals surface area contributed by atoms with Gasteiger partial charge in [0.15, 0.2) is 0 Å². The summed E-state index contributed by atoms with van der Waals surface area (Å²) >= 11 is 0. The van der Waals surface area contributed by atoms with Crippen LogP contribution in [0.2, 0.25) is 0 Å². The van der Waals surface area contributed by atoms with Crippen molar-refractivity contribution in [3.05, 3.63) is 90.4 Å². The first-order valence-corrected chi connectivity index (χ1v) is 8.53. The van der Waals surface area contributed by atoms with Crippen LogP contribution >= 0.6 is 0 Å². The highest BCUT2D eigenvalue weighted by Crippen LogP contribution is 2.17. The Morgan fingerprint density at radius 3 is 2.43 bits per heavy atom. The van der Waals surface area contributed by atoms with Crippen molar-refractivity contribution in [2.24, 2.45) is 0 Å². The molecule has 3 N–H and O–H groups in total. The Morgan fingerprint density at radius 2 is 1.64 bits per heavy atom.